The topological polar surface area (TPSA) is 74.0 Å². The van der Waals surface area contributed by atoms with Gasteiger partial charge in [-0.15, -0.1) is 0 Å². The van der Waals surface area contributed by atoms with Crippen molar-refractivity contribution >= 4 is 11.7 Å². The highest BCUT2D eigenvalue weighted by Crippen LogP contribution is 2.24. The molecule has 1 aliphatic rings. The molecule has 9 heteroatoms. The van der Waals surface area contributed by atoms with Crippen molar-refractivity contribution < 1.29 is 18.3 Å². The summed E-state index contributed by atoms with van der Waals surface area (Å²) in [6, 6.07) is 1.89. The van der Waals surface area contributed by atoms with Crippen LogP contribution in [-0.2, 0) is 11.3 Å². The number of nitrogens with zero attached hydrogens (tertiary/aromatic N) is 4. The lowest BCUT2D eigenvalue weighted by atomic mass is 10.1. The molecule has 0 bridgehead atoms. The highest BCUT2D eigenvalue weighted by atomic mass is 19.3. The van der Waals surface area contributed by atoms with Gasteiger partial charge in [0.25, 0.3) is 12.3 Å². The van der Waals surface area contributed by atoms with Gasteiger partial charge in [0.1, 0.15) is 12.4 Å². The summed E-state index contributed by atoms with van der Waals surface area (Å²) in [5.41, 5.74) is 0.681. The fourth-order valence-corrected chi connectivity index (χ4v) is 2.79. The summed E-state index contributed by atoms with van der Waals surface area (Å²) >= 11 is 0. The van der Waals surface area contributed by atoms with Crippen LogP contribution in [0.2, 0.25) is 0 Å². The highest BCUT2D eigenvalue weighted by Gasteiger charge is 2.21. The Labute approximate surface area is 137 Å². The molecule has 24 heavy (non-hydrogen) atoms. The SMILES string of the molecule is Cc1nn(CC(F)F)cc1C(=O)Nc1ccnn1C1CCOCC1. The van der Waals surface area contributed by atoms with Gasteiger partial charge in [0, 0.05) is 25.5 Å². The molecular formula is C15H19F2N5O2. The van der Waals surface area contributed by atoms with Gasteiger partial charge in [-0.2, -0.15) is 10.2 Å². The van der Waals surface area contributed by atoms with E-state index in [2.05, 4.69) is 15.5 Å². The lowest BCUT2D eigenvalue weighted by Crippen LogP contribution is -2.23. The van der Waals surface area contributed by atoms with Crippen molar-refractivity contribution in [3.63, 3.8) is 0 Å². The van der Waals surface area contributed by atoms with Gasteiger partial charge in [-0.1, -0.05) is 0 Å². The number of carbonyl (C=O) groups excluding carboxylic acids is 1. The average molecular weight is 339 g/mol. The first kappa shape index (κ1) is 16.6. The molecule has 1 saturated heterocycles. The Kier molecular flexibility index (Phi) is 4.89. The van der Waals surface area contributed by atoms with E-state index in [-0.39, 0.29) is 17.5 Å². The van der Waals surface area contributed by atoms with E-state index in [0.717, 1.165) is 17.5 Å². The fraction of sp³-hybridized carbons (Fsp3) is 0.533. The minimum Gasteiger partial charge on any atom is -0.381 e. The van der Waals surface area contributed by atoms with Gasteiger partial charge in [-0.05, 0) is 19.8 Å². The Morgan fingerprint density at radius 1 is 1.46 bits per heavy atom. The summed E-state index contributed by atoms with van der Waals surface area (Å²) in [4.78, 5) is 12.4. The maximum absolute atomic E-state index is 12.4. The number of hydrogen-bond acceptors (Lipinski definition) is 4. The van der Waals surface area contributed by atoms with Gasteiger partial charge in [0.2, 0.25) is 0 Å². The summed E-state index contributed by atoms with van der Waals surface area (Å²) < 4.78 is 33.1. The third-order valence-electron chi connectivity index (χ3n) is 3.96. The van der Waals surface area contributed by atoms with Crippen molar-refractivity contribution in [2.24, 2.45) is 0 Å². The van der Waals surface area contributed by atoms with E-state index in [1.165, 1.54) is 6.20 Å². The van der Waals surface area contributed by atoms with Gasteiger partial charge in [-0.25, -0.2) is 13.5 Å². The molecule has 0 atom stereocenters. The molecule has 0 spiro atoms. The first-order chi connectivity index (χ1) is 11.5. The molecule has 7 nitrogen and oxygen atoms in total. The zero-order chi connectivity index (χ0) is 17.1. The van der Waals surface area contributed by atoms with Crippen molar-refractivity contribution in [2.45, 2.75) is 38.8 Å². The van der Waals surface area contributed by atoms with Gasteiger partial charge >= 0.3 is 0 Å². The van der Waals surface area contributed by atoms with Crippen LogP contribution in [0.3, 0.4) is 0 Å². The molecule has 3 rings (SSSR count). The quantitative estimate of drug-likeness (QED) is 0.907. The second kappa shape index (κ2) is 7.08. The molecule has 1 amide bonds. The number of hydrogen-bond donors (Lipinski definition) is 1. The predicted octanol–water partition coefficient (Wildman–Crippen LogP) is 2.26. The molecule has 0 saturated carbocycles. The summed E-state index contributed by atoms with van der Waals surface area (Å²) in [5, 5.41) is 11.0. The first-order valence-electron chi connectivity index (χ1n) is 7.79. The van der Waals surface area contributed by atoms with Crippen molar-refractivity contribution in [1.82, 2.24) is 19.6 Å². The Morgan fingerprint density at radius 2 is 2.21 bits per heavy atom. The van der Waals surface area contributed by atoms with Crippen LogP contribution in [0, 0.1) is 6.92 Å². The third-order valence-corrected chi connectivity index (χ3v) is 3.96. The average Bonchev–Trinajstić information content (AvgIpc) is 3.14. The number of alkyl halides is 2. The Balaban J connectivity index is 1.73. The number of halogens is 2. The second-order valence-corrected chi connectivity index (χ2v) is 5.70. The van der Waals surface area contributed by atoms with E-state index in [4.69, 9.17) is 4.74 Å². The van der Waals surface area contributed by atoms with Gasteiger partial charge in [-0.3, -0.25) is 9.48 Å². The number of rotatable bonds is 5. The van der Waals surface area contributed by atoms with Gasteiger partial charge in [0.05, 0.1) is 23.5 Å². The summed E-state index contributed by atoms with van der Waals surface area (Å²) in [6.07, 6.45) is 2.10. The summed E-state index contributed by atoms with van der Waals surface area (Å²) in [5.74, 6) is 0.190. The molecule has 1 N–H and O–H groups in total. The first-order valence-corrected chi connectivity index (χ1v) is 7.79. The van der Waals surface area contributed by atoms with Gasteiger partial charge in [0.15, 0.2) is 0 Å². The zero-order valence-corrected chi connectivity index (χ0v) is 13.3. The number of nitrogens with one attached hydrogen (secondary N) is 1. The minimum atomic E-state index is -2.52. The van der Waals surface area contributed by atoms with Crippen LogP contribution in [-0.4, -0.2) is 45.1 Å². The predicted molar refractivity (Wildman–Crippen MR) is 82.2 cm³/mol. The van der Waals surface area contributed by atoms with Crippen LogP contribution in [0.15, 0.2) is 18.5 Å². The maximum Gasteiger partial charge on any atom is 0.260 e. The van der Waals surface area contributed by atoms with Crippen LogP contribution in [0.5, 0.6) is 0 Å². The minimum absolute atomic E-state index is 0.173. The number of anilines is 1. The molecule has 1 fully saturated rings. The monoisotopic (exact) mass is 339 g/mol. The van der Waals surface area contributed by atoms with E-state index in [0.29, 0.717) is 24.7 Å². The van der Waals surface area contributed by atoms with Crippen molar-refractivity contribution in [2.75, 3.05) is 18.5 Å². The molecule has 2 aromatic rings. The standard InChI is InChI=1S/C15H19F2N5O2/c1-10-12(8-21(20-10)9-13(16)17)15(23)19-14-2-5-18-22(14)11-3-6-24-7-4-11/h2,5,8,11,13H,3-4,6-7,9H2,1H3,(H,19,23). The number of aromatic nitrogens is 4. The highest BCUT2D eigenvalue weighted by molar-refractivity contribution is 6.04. The second-order valence-electron chi connectivity index (χ2n) is 5.70. The number of ether oxygens (including phenoxy) is 1. The Morgan fingerprint density at radius 3 is 2.92 bits per heavy atom. The van der Waals surface area contributed by atoms with E-state index < -0.39 is 13.0 Å². The molecule has 0 aliphatic carbocycles. The van der Waals surface area contributed by atoms with Crippen molar-refractivity contribution in [1.29, 1.82) is 0 Å². The third kappa shape index (κ3) is 3.61. The van der Waals surface area contributed by atoms with E-state index in [1.807, 2.05) is 0 Å². The van der Waals surface area contributed by atoms with Crippen molar-refractivity contribution in [3.8, 4) is 0 Å². The molecule has 130 valence electrons. The van der Waals surface area contributed by atoms with E-state index >= 15 is 0 Å². The molecule has 2 aromatic heterocycles. The molecule has 3 heterocycles. The van der Waals surface area contributed by atoms with Gasteiger partial charge < -0.3 is 10.1 Å². The smallest absolute Gasteiger partial charge is 0.260 e. The van der Waals surface area contributed by atoms with Crippen LogP contribution >= 0.6 is 0 Å². The van der Waals surface area contributed by atoms with E-state index in [9.17, 15) is 13.6 Å². The van der Waals surface area contributed by atoms with E-state index in [1.54, 1.807) is 23.9 Å². The molecule has 0 radical (unpaired) electrons. The normalized spacial score (nSPS) is 15.8. The number of aryl methyl sites for hydroxylation is 1. The summed E-state index contributed by atoms with van der Waals surface area (Å²) in [7, 11) is 0. The van der Waals surface area contributed by atoms with Crippen LogP contribution in [0.4, 0.5) is 14.6 Å². The Hall–Kier alpha value is -2.29. The molecular weight excluding hydrogens is 320 g/mol. The fourth-order valence-electron chi connectivity index (χ4n) is 2.79. The molecule has 1 aliphatic heterocycles. The lowest BCUT2D eigenvalue weighted by molar-refractivity contribution is 0.0668. The molecule has 0 aromatic carbocycles. The lowest BCUT2D eigenvalue weighted by Gasteiger charge is -2.24. The zero-order valence-electron chi connectivity index (χ0n) is 13.3. The Bertz CT molecular complexity index is 707. The number of amides is 1. The maximum atomic E-state index is 12.4. The van der Waals surface area contributed by atoms with Crippen LogP contribution in [0.1, 0.15) is 34.9 Å². The van der Waals surface area contributed by atoms with Crippen LogP contribution < -0.4 is 5.32 Å². The van der Waals surface area contributed by atoms with Crippen molar-refractivity contribution in [3.05, 3.63) is 29.7 Å². The number of carbonyl (C=O) groups is 1. The van der Waals surface area contributed by atoms with Crippen LogP contribution in [0.25, 0.3) is 0 Å². The summed E-state index contributed by atoms with van der Waals surface area (Å²) in [6.45, 7) is 2.41. The molecule has 0 unspecified atom stereocenters. The largest absolute Gasteiger partial charge is 0.381 e.